The van der Waals surface area contributed by atoms with E-state index in [4.69, 9.17) is 21.2 Å². The van der Waals surface area contributed by atoms with Gasteiger partial charge in [0, 0.05) is 0 Å². The van der Waals surface area contributed by atoms with Crippen molar-refractivity contribution in [1.82, 2.24) is 0 Å². The van der Waals surface area contributed by atoms with E-state index in [1.165, 1.54) is 0 Å². The second kappa shape index (κ2) is 3.60. The summed E-state index contributed by atoms with van der Waals surface area (Å²) >= 11 is 0. The predicted molar refractivity (Wildman–Crippen MR) is 38.3 cm³/mol. The van der Waals surface area contributed by atoms with Crippen LogP contribution in [0.1, 0.15) is 0 Å². The summed E-state index contributed by atoms with van der Waals surface area (Å²) in [4.78, 5) is 14.9. The van der Waals surface area contributed by atoms with Crippen LogP contribution in [0.15, 0.2) is 11.5 Å². The molecule has 0 saturated heterocycles. The number of aliphatic hydroxyl groups excluding tert-OH is 3. The van der Waals surface area contributed by atoms with Gasteiger partial charge in [-0.15, -0.1) is 0 Å². The molecule has 0 unspecified atom stereocenters. The van der Waals surface area contributed by atoms with E-state index in [-0.39, 0.29) is 0 Å². The number of nitrogens with two attached hydrogens (primary N) is 1. The Morgan fingerprint density at radius 1 is 1.62 bits per heavy atom. The van der Waals surface area contributed by atoms with E-state index in [9.17, 15) is 4.79 Å². The molecule has 0 spiro atoms. The zero-order valence-electron chi connectivity index (χ0n) is 6.51. The van der Waals surface area contributed by atoms with Gasteiger partial charge in [0.25, 0.3) is 0 Å². The third-order valence-corrected chi connectivity index (χ3v) is 1.63. The number of carbonyl (C=O) groups is 1. The van der Waals surface area contributed by atoms with Gasteiger partial charge in [-0.3, -0.25) is 4.84 Å². The first-order valence-corrected chi connectivity index (χ1v) is 3.41. The number of hydrogen-bond donors (Lipinski definition) is 4. The summed E-state index contributed by atoms with van der Waals surface area (Å²) in [5.74, 6) is 2.10. The van der Waals surface area contributed by atoms with E-state index in [1.807, 2.05) is 0 Å². The van der Waals surface area contributed by atoms with Crippen LogP contribution in [0.4, 0.5) is 0 Å². The van der Waals surface area contributed by atoms with Crippen molar-refractivity contribution in [3.8, 4) is 0 Å². The van der Waals surface area contributed by atoms with Crippen LogP contribution in [0, 0.1) is 0 Å². The maximum atomic E-state index is 10.7. The fourth-order valence-corrected chi connectivity index (χ4v) is 0.928. The molecule has 0 aromatic heterocycles. The summed E-state index contributed by atoms with van der Waals surface area (Å²) in [7, 11) is 0. The Morgan fingerprint density at radius 2 is 2.23 bits per heavy atom. The molecular formula is C6H9NO6. The zero-order valence-corrected chi connectivity index (χ0v) is 6.51. The standard InChI is InChI=1S/C6H9NO6/c7-13-2(1-8)5-3(9)4(10)6(11)12-5/h2,5,8-10H,1,7H2/t2-,5-/m1/s1. The number of ether oxygens (including phenoxy) is 1. The lowest BCUT2D eigenvalue weighted by atomic mass is 10.2. The highest BCUT2D eigenvalue weighted by molar-refractivity contribution is 5.89. The molecule has 0 amide bonds. The van der Waals surface area contributed by atoms with Crippen molar-refractivity contribution in [1.29, 1.82) is 0 Å². The van der Waals surface area contributed by atoms with Crippen LogP contribution in [-0.2, 0) is 14.4 Å². The second-order valence-corrected chi connectivity index (χ2v) is 2.42. The highest BCUT2D eigenvalue weighted by Crippen LogP contribution is 2.21. The molecule has 7 heteroatoms. The fraction of sp³-hybridized carbons (Fsp3) is 0.500. The Hall–Kier alpha value is -1.31. The van der Waals surface area contributed by atoms with Gasteiger partial charge in [0.1, 0.15) is 6.10 Å². The van der Waals surface area contributed by atoms with E-state index in [0.29, 0.717) is 0 Å². The predicted octanol–water partition coefficient (Wildman–Crippen LogP) is -1.51. The number of hydrogen-bond acceptors (Lipinski definition) is 7. The maximum Gasteiger partial charge on any atom is 0.377 e. The van der Waals surface area contributed by atoms with Crippen molar-refractivity contribution >= 4 is 5.97 Å². The van der Waals surface area contributed by atoms with E-state index in [2.05, 4.69) is 9.57 Å². The second-order valence-electron chi connectivity index (χ2n) is 2.42. The zero-order chi connectivity index (χ0) is 10.0. The first-order valence-electron chi connectivity index (χ1n) is 3.41. The Balaban J connectivity index is 2.80. The lowest BCUT2D eigenvalue weighted by Gasteiger charge is -2.17. The normalized spacial score (nSPS) is 24.8. The summed E-state index contributed by atoms with van der Waals surface area (Å²) < 4.78 is 4.45. The monoisotopic (exact) mass is 191 g/mol. The van der Waals surface area contributed by atoms with Gasteiger partial charge in [-0.2, -0.15) is 0 Å². The summed E-state index contributed by atoms with van der Waals surface area (Å²) in [6.45, 7) is -0.550. The van der Waals surface area contributed by atoms with Crippen LogP contribution in [-0.4, -0.2) is 40.1 Å². The molecule has 0 radical (unpaired) electrons. The van der Waals surface area contributed by atoms with Gasteiger partial charge in [0.05, 0.1) is 6.61 Å². The highest BCUT2D eigenvalue weighted by Gasteiger charge is 2.40. The number of carbonyl (C=O) groups excluding carboxylic acids is 1. The molecule has 0 aliphatic carbocycles. The molecule has 1 aliphatic rings. The quantitative estimate of drug-likeness (QED) is 0.316. The van der Waals surface area contributed by atoms with Crippen LogP contribution in [0.25, 0.3) is 0 Å². The Bertz CT molecular complexity index is 246. The fourth-order valence-electron chi connectivity index (χ4n) is 0.928. The number of cyclic esters (lactones) is 1. The summed E-state index contributed by atoms with van der Waals surface area (Å²) in [6.07, 6.45) is -2.34. The van der Waals surface area contributed by atoms with Crippen LogP contribution in [0.2, 0.25) is 0 Å². The largest absolute Gasteiger partial charge is 0.505 e. The highest BCUT2D eigenvalue weighted by atomic mass is 16.7. The maximum absolute atomic E-state index is 10.7. The molecule has 13 heavy (non-hydrogen) atoms. The first-order chi connectivity index (χ1) is 6.11. The number of esters is 1. The lowest BCUT2D eigenvalue weighted by molar-refractivity contribution is -0.150. The molecule has 0 aromatic carbocycles. The van der Waals surface area contributed by atoms with E-state index in [1.54, 1.807) is 0 Å². The summed E-state index contributed by atoms with van der Waals surface area (Å²) in [5, 5.41) is 26.6. The molecule has 1 rings (SSSR count). The van der Waals surface area contributed by atoms with Gasteiger partial charge in [0.2, 0.25) is 5.76 Å². The minimum absolute atomic E-state index is 0.550. The van der Waals surface area contributed by atoms with Crippen LogP contribution in [0.5, 0.6) is 0 Å². The molecule has 0 saturated carbocycles. The first kappa shape index (κ1) is 9.78. The SMILES string of the molecule is NO[C@H](CO)[C@H]1OC(=O)C(O)=C1O. The third kappa shape index (κ3) is 1.57. The van der Waals surface area contributed by atoms with Crippen molar-refractivity contribution in [2.45, 2.75) is 12.2 Å². The van der Waals surface area contributed by atoms with Gasteiger partial charge in [-0.1, -0.05) is 0 Å². The molecule has 0 fully saturated rings. The number of rotatable bonds is 3. The van der Waals surface area contributed by atoms with Crippen molar-refractivity contribution < 1.29 is 29.7 Å². The third-order valence-electron chi connectivity index (χ3n) is 1.63. The van der Waals surface area contributed by atoms with E-state index in [0.717, 1.165) is 0 Å². The average Bonchev–Trinajstić information content (AvgIpc) is 2.36. The number of aliphatic hydroxyl groups is 3. The minimum atomic E-state index is -1.25. The van der Waals surface area contributed by atoms with Gasteiger partial charge < -0.3 is 20.1 Å². The van der Waals surface area contributed by atoms with Crippen molar-refractivity contribution in [2.75, 3.05) is 6.61 Å². The molecule has 74 valence electrons. The van der Waals surface area contributed by atoms with E-state index >= 15 is 0 Å². The van der Waals surface area contributed by atoms with Crippen molar-refractivity contribution in [3.05, 3.63) is 11.5 Å². The van der Waals surface area contributed by atoms with Crippen LogP contribution in [0.3, 0.4) is 0 Å². The molecule has 0 bridgehead atoms. The van der Waals surface area contributed by atoms with Crippen LogP contribution < -0.4 is 5.90 Å². The smallest absolute Gasteiger partial charge is 0.377 e. The van der Waals surface area contributed by atoms with Gasteiger partial charge in [-0.25, -0.2) is 10.7 Å². The molecular weight excluding hydrogens is 182 g/mol. The molecule has 2 atom stereocenters. The van der Waals surface area contributed by atoms with Gasteiger partial charge in [-0.05, 0) is 0 Å². The lowest BCUT2D eigenvalue weighted by Crippen LogP contribution is -2.36. The molecule has 1 aliphatic heterocycles. The van der Waals surface area contributed by atoms with Crippen molar-refractivity contribution in [3.63, 3.8) is 0 Å². The summed E-state index contributed by atoms with van der Waals surface area (Å²) in [6, 6.07) is 0. The Kier molecular flexibility index (Phi) is 2.71. The van der Waals surface area contributed by atoms with E-state index < -0.39 is 36.3 Å². The minimum Gasteiger partial charge on any atom is -0.505 e. The molecule has 0 aromatic rings. The topological polar surface area (TPSA) is 122 Å². The van der Waals surface area contributed by atoms with Crippen LogP contribution >= 0.6 is 0 Å². The Morgan fingerprint density at radius 3 is 2.54 bits per heavy atom. The Labute approximate surface area is 72.9 Å². The van der Waals surface area contributed by atoms with Crippen molar-refractivity contribution in [2.24, 2.45) is 5.90 Å². The average molecular weight is 191 g/mol. The van der Waals surface area contributed by atoms with Gasteiger partial charge >= 0.3 is 5.97 Å². The summed E-state index contributed by atoms with van der Waals surface area (Å²) in [5.41, 5.74) is 0. The van der Waals surface area contributed by atoms with Gasteiger partial charge in [0.15, 0.2) is 11.9 Å². The molecule has 5 N–H and O–H groups in total. The molecule has 7 nitrogen and oxygen atoms in total. The molecule has 1 heterocycles.